The highest BCUT2D eigenvalue weighted by atomic mass is 16.2. The van der Waals surface area contributed by atoms with Gasteiger partial charge in [-0.05, 0) is 38.5 Å². The Balaban J connectivity index is 1.56. The van der Waals surface area contributed by atoms with Gasteiger partial charge >= 0.3 is 0 Å². The molecule has 150 valence electrons. The van der Waals surface area contributed by atoms with Crippen LogP contribution < -0.4 is 10.2 Å². The van der Waals surface area contributed by atoms with Crippen LogP contribution in [0.5, 0.6) is 0 Å². The molecule has 4 heterocycles. The average Bonchev–Trinajstić information content (AvgIpc) is 3.18. The number of fused-ring (bicyclic) bond motifs is 1. The standard InChI is InChI=1S/C21H25N7O/c1-13-14(2)24-19(21(29)27(3)4)26-20(13)28-11-8-15(12-28)25-17-7-10-23-18-16(17)6-5-9-22-18/h5-7,9-10,15H,8,11-12H2,1-4H3,(H,22,23,25)/t15-/m1/s1. The predicted molar refractivity (Wildman–Crippen MR) is 113 cm³/mol. The molecule has 1 N–H and O–H groups in total. The molecule has 0 aromatic carbocycles. The van der Waals surface area contributed by atoms with Crippen molar-refractivity contribution in [3.63, 3.8) is 0 Å². The van der Waals surface area contributed by atoms with Crippen LogP contribution in [0.15, 0.2) is 30.6 Å². The van der Waals surface area contributed by atoms with E-state index < -0.39 is 0 Å². The molecule has 1 aliphatic heterocycles. The second-order valence-electron chi connectivity index (χ2n) is 7.59. The molecule has 3 aromatic rings. The van der Waals surface area contributed by atoms with Crippen molar-refractivity contribution in [1.29, 1.82) is 0 Å². The Morgan fingerprint density at radius 2 is 1.97 bits per heavy atom. The SMILES string of the molecule is Cc1nc(C(=O)N(C)C)nc(N2CC[C@@H](Nc3ccnc4ncccc34)C2)c1C. The fourth-order valence-electron chi connectivity index (χ4n) is 3.62. The molecular weight excluding hydrogens is 366 g/mol. The Kier molecular flexibility index (Phi) is 5.00. The van der Waals surface area contributed by atoms with E-state index in [1.165, 1.54) is 4.90 Å². The molecule has 0 spiro atoms. The van der Waals surface area contributed by atoms with Crippen molar-refractivity contribution >= 4 is 28.4 Å². The third kappa shape index (κ3) is 3.70. The van der Waals surface area contributed by atoms with Crippen LogP contribution >= 0.6 is 0 Å². The molecule has 1 saturated heterocycles. The van der Waals surface area contributed by atoms with E-state index in [4.69, 9.17) is 0 Å². The number of pyridine rings is 2. The summed E-state index contributed by atoms with van der Waals surface area (Å²) < 4.78 is 0. The van der Waals surface area contributed by atoms with Gasteiger partial charge in [0.05, 0.1) is 0 Å². The fourth-order valence-corrected chi connectivity index (χ4v) is 3.62. The van der Waals surface area contributed by atoms with Crippen molar-refractivity contribution in [2.75, 3.05) is 37.4 Å². The van der Waals surface area contributed by atoms with Gasteiger partial charge in [0, 0.05) is 68.0 Å². The van der Waals surface area contributed by atoms with Crippen LogP contribution in [0, 0.1) is 13.8 Å². The number of carbonyl (C=O) groups excluding carboxylic acids is 1. The quantitative estimate of drug-likeness (QED) is 0.731. The van der Waals surface area contributed by atoms with Crippen molar-refractivity contribution in [2.24, 2.45) is 0 Å². The van der Waals surface area contributed by atoms with Gasteiger partial charge in [-0.15, -0.1) is 0 Å². The molecule has 1 amide bonds. The van der Waals surface area contributed by atoms with Crippen molar-refractivity contribution < 1.29 is 4.79 Å². The Bertz CT molecular complexity index is 1060. The van der Waals surface area contributed by atoms with E-state index in [1.54, 1.807) is 26.5 Å². The van der Waals surface area contributed by atoms with Crippen LogP contribution in [0.25, 0.3) is 11.0 Å². The smallest absolute Gasteiger partial charge is 0.291 e. The number of hydrogen-bond acceptors (Lipinski definition) is 7. The zero-order valence-corrected chi connectivity index (χ0v) is 17.2. The number of aromatic nitrogens is 4. The predicted octanol–water partition coefficient (Wildman–Crippen LogP) is 2.43. The van der Waals surface area contributed by atoms with Gasteiger partial charge in [0.2, 0.25) is 5.82 Å². The first-order chi connectivity index (χ1) is 13.9. The molecule has 0 radical (unpaired) electrons. The number of aryl methyl sites for hydroxylation is 1. The van der Waals surface area contributed by atoms with Gasteiger partial charge in [-0.3, -0.25) is 4.79 Å². The van der Waals surface area contributed by atoms with Crippen molar-refractivity contribution in [1.82, 2.24) is 24.8 Å². The fraction of sp³-hybridized carbons (Fsp3) is 0.381. The minimum Gasteiger partial charge on any atom is -0.380 e. The number of nitrogens with zero attached hydrogens (tertiary/aromatic N) is 6. The first-order valence-electron chi connectivity index (χ1n) is 9.72. The Morgan fingerprint density at radius 1 is 1.17 bits per heavy atom. The van der Waals surface area contributed by atoms with Crippen molar-refractivity contribution in [3.8, 4) is 0 Å². The van der Waals surface area contributed by atoms with E-state index in [9.17, 15) is 4.79 Å². The van der Waals surface area contributed by atoms with Crippen LogP contribution in [-0.2, 0) is 0 Å². The minimum absolute atomic E-state index is 0.182. The molecular formula is C21H25N7O. The first kappa shape index (κ1) is 19.0. The minimum atomic E-state index is -0.182. The highest BCUT2D eigenvalue weighted by molar-refractivity contribution is 5.90. The summed E-state index contributed by atoms with van der Waals surface area (Å²) in [6, 6.07) is 6.21. The summed E-state index contributed by atoms with van der Waals surface area (Å²) in [5, 5.41) is 4.65. The van der Waals surface area contributed by atoms with E-state index in [0.717, 1.165) is 53.3 Å². The van der Waals surface area contributed by atoms with E-state index in [-0.39, 0.29) is 17.8 Å². The van der Waals surface area contributed by atoms with Crippen LogP contribution in [0.2, 0.25) is 0 Å². The third-order valence-electron chi connectivity index (χ3n) is 5.32. The number of nitrogens with one attached hydrogen (secondary N) is 1. The Labute approximate surface area is 170 Å². The lowest BCUT2D eigenvalue weighted by molar-refractivity contribution is 0.0815. The molecule has 8 heteroatoms. The summed E-state index contributed by atoms with van der Waals surface area (Å²) in [6.07, 6.45) is 4.51. The summed E-state index contributed by atoms with van der Waals surface area (Å²) in [4.78, 5) is 33.7. The second kappa shape index (κ2) is 7.62. The van der Waals surface area contributed by atoms with Gasteiger partial charge in [0.15, 0.2) is 5.65 Å². The summed E-state index contributed by atoms with van der Waals surface area (Å²) >= 11 is 0. The van der Waals surface area contributed by atoms with Crippen molar-refractivity contribution in [2.45, 2.75) is 26.3 Å². The maximum Gasteiger partial charge on any atom is 0.291 e. The highest BCUT2D eigenvalue weighted by Crippen LogP contribution is 2.27. The van der Waals surface area contributed by atoms with Gasteiger partial charge in [-0.1, -0.05) is 0 Å². The number of carbonyl (C=O) groups is 1. The summed E-state index contributed by atoms with van der Waals surface area (Å²) in [7, 11) is 3.43. The van der Waals surface area contributed by atoms with Crippen LogP contribution in [-0.4, -0.2) is 64.0 Å². The Hall–Kier alpha value is -3.29. The lowest BCUT2D eigenvalue weighted by Crippen LogP contribution is -2.30. The highest BCUT2D eigenvalue weighted by Gasteiger charge is 2.27. The monoisotopic (exact) mass is 391 g/mol. The maximum absolute atomic E-state index is 12.4. The topological polar surface area (TPSA) is 87.1 Å². The molecule has 4 rings (SSSR count). The molecule has 1 atom stereocenters. The summed E-state index contributed by atoms with van der Waals surface area (Å²) in [6.45, 7) is 5.61. The average molecular weight is 391 g/mol. The van der Waals surface area contributed by atoms with E-state index in [2.05, 4.69) is 30.2 Å². The Morgan fingerprint density at radius 3 is 2.76 bits per heavy atom. The molecule has 0 aliphatic carbocycles. The van der Waals surface area contributed by atoms with Crippen molar-refractivity contribution in [3.05, 3.63) is 47.7 Å². The lowest BCUT2D eigenvalue weighted by Gasteiger charge is -2.22. The first-order valence-corrected chi connectivity index (χ1v) is 9.72. The van der Waals surface area contributed by atoms with Gasteiger partial charge in [0.1, 0.15) is 5.82 Å². The van der Waals surface area contributed by atoms with Gasteiger partial charge in [-0.25, -0.2) is 19.9 Å². The number of hydrogen-bond donors (Lipinski definition) is 1. The molecule has 0 unspecified atom stereocenters. The summed E-state index contributed by atoms with van der Waals surface area (Å²) in [5.74, 6) is 0.906. The zero-order valence-electron chi connectivity index (χ0n) is 17.2. The van der Waals surface area contributed by atoms with Gasteiger partial charge < -0.3 is 15.1 Å². The lowest BCUT2D eigenvalue weighted by atomic mass is 10.2. The van der Waals surface area contributed by atoms with Crippen LogP contribution in [0.1, 0.15) is 28.3 Å². The summed E-state index contributed by atoms with van der Waals surface area (Å²) in [5.41, 5.74) is 3.62. The van der Waals surface area contributed by atoms with E-state index in [0.29, 0.717) is 0 Å². The largest absolute Gasteiger partial charge is 0.380 e. The third-order valence-corrected chi connectivity index (χ3v) is 5.32. The number of anilines is 2. The molecule has 29 heavy (non-hydrogen) atoms. The van der Waals surface area contributed by atoms with Gasteiger partial charge in [0.25, 0.3) is 5.91 Å². The molecule has 1 fully saturated rings. The van der Waals surface area contributed by atoms with E-state index in [1.807, 2.05) is 32.0 Å². The molecule has 0 bridgehead atoms. The number of amides is 1. The molecule has 0 saturated carbocycles. The second-order valence-corrected chi connectivity index (χ2v) is 7.59. The number of rotatable bonds is 4. The molecule has 3 aromatic heterocycles. The van der Waals surface area contributed by atoms with E-state index >= 15 is 0 Å². The molecule has 1 aliphatic rings. The maximum atomic E-state index is 12.4. The zero-order chi connectivity index (χ0) is 20.5. The van der Waals surface area contributed by atoms with Gasteiger partial charge in [-0.2, -0.15) is 0 Å². The van der Waals surface area contributed by atoms with Crippen LogP contribution in [0.4, 0.5) is 11.5 Å². The molecule has 8 nitrogen and oxygen atoms in total. The van der Waals surface area contributed by atoms with Crippen LogP contribution in [0.3, 0.4) is 0 Å². The normalized spacial score (nSPS) is 16.3.